The number of anilines is 1. The number of likely N-dealkylation sites (N-methyl/N-ethyl adjacent to an activating group) is 1. The summed E-state index contributed by atoms with van der Waals surface area (Å²) in [5.74, 6) is 1.24. The lowest BCUT2D eigenvalue weighted by atomic mass is 10.1. The maximum atomic E-state index is 13.3. The zero-order chi connectivity index (χ0) is 18.1. The molecule has 0 spiro atoms. The number of piperazine rings is 1. The summed E-state index contributed by atoms with van der Waals surface area (Å²) in [6.07, 6.45) is 0. The van der Waals surface area contributed by atoms with Gasteiger partial charge < -0.3 is 9.80 Å². The number of rotatable bonds is 3. The number of fused-ring (bicyclic) bond motifs is 1. The Hall–Kier alpha value is -2.24. The van der Waals surface area contributed by atoms with Crippen molar-refractivity contribution in [3.63, 3.8) is 0 Å². The minimum atomic E-state index is -0.270. The molecule has 0 atom stereocenters. The Bertz CT molecular complexity index is 921. The highest BCUT2D eigenvalue weighted by Crippen LogP contribution is 2.30. The fourth-order valence-corrected chi connectivity index (χ4v) is 3.50. The van der Waals surface area contributed by atoms with E-state index in [9.17, 15) is 4.39 Å². The van der Waals surface area contributed by atoms with E-state index in [1.54, 1.807) is 12.1 Å². The summed E-state index contributed by atoms with van der Waals surface area (Å²) in [4.78, 5) is 14.2. The van der Waals surface area contributed by atoms with E-state index in [0.29, 0.717) is 10.8 Å². The van der Waals surface area contributed by atoms with Gasteiger partial charge in [-0.15, -0.1) is 0 Å². The molecule has 1 fully saturated rings. The Labute approximate surface area is 157 Å². The molecule has 26 heavy (non-hydrogen) atoms. The average molecular weight is 371 g/mol. The van der Waals surface area contributed by atoms with Crippen molar-refractivity contribution < 1.29 is 4.39 Å². The Morgan fingerprint density at radius 3 is 2.42 bits per heavy atom. The summed E-state index contributed by atoms with van der Waals surface area (Å²) >= 11 is 6.18. The highest BCUT2D eigenvalue weighted by molar-refractivity contribution is 6.31. The van der Waals surface area contributed by atoms with Gasteiger partial charge in [-0.05, 0) is 49.0 Å². The van der Waals surface area contributed by atoms with Gasteiger partial charge in [0.05, 0.1) is 5.52 Å². The highest BCUT2D eigenvalue weighted by Gasteiger charge is 2.20. The molecule has 0 amide bonds. The predicted octanol–water partition coefficient (Wildman–Crippen LogP) is 4.23. The van der Waals surface area contributed by atoms with E-state index in [-0.39, 0.29) is 5.82 Å². The molecule has 2 heterocycles. The fourth-order valence-electron chi connectivity index (χ4n) is 3.33. The van der Waals surface area contributed by atoms with Gasteiger partial charge in [0.1, 0.15) is 11.6 Å². The second-order valence-electron chi connectivity index (χ2n) is 6.46. The van der Waals surface area contributed by atoms with Gasteiger partial charge in [-0.2, -0.15) is 0 Å². The molecule has 0 saturated carbocycles. The lowest BCUT2D eigenvalue weighted by Crippen LogP contribution is -2.46. The quantitative estimate of drug-likeness (QED) is 0.690. The molecule has 0 aliphatic carbocycles. The lowest BCUT2D eigenvalue weighted by molar-refractivity contribution is 0.271. The second kappa shape index (κ2) is 7.17. The van der Waals surface area contributed by atoms with Gasteiger partial charge in [0, 0.05) is 42.2 Å². The first-order valence-electron chi connectivity index (χ1n) is 8.84. The Morgan fingerprint density at radius 1 is 1.00 bits per heavy atom. The van der Waals surface area contributed by atoms with E-state index < -0.39 is 0 Å². The Balaban J connectivity index is 1.81. The summed E-state index contributed by atoms with van der Waals surface area (Å²) in [5, 5.41) is 1.63. The summed E-state index contributed by atoms with van der Waals surface area (Å²) in [7, 11) is 0. The van der Waals surface area contributed by atoms with Gasteiger partial charge in [0.2, 0.25) is 0 Å². The SMILES string of the molecule is CCN1CCN(c2nc(-c3ccc(F)cc3)nc3cc(Cl)ccc23)CC1. The molecule has 1 aliphatic heterocycles. The number of hydrogen-bond donors (Lipinski definition) is 0. The molecule has 1 saturated heterocycles. The monoisotopic (exact) mass is 370 g/mol. The van der Waals surface area contributed by atoms with Crippen molar-refractivity contribution in [3.8, 4) is 11.4 Å². The minimum absolute atomic E-state index is 0.270. The van der Waals surface area contributed by atoms with Crippen LogP contribution in [0.15, 0.2) is 42.5 Å². The number of halogens is 2. The molecule has 4 rings (SSSR count). The van der Waals surface area contributed by atoms with Crippen LogP contribution in [0.4, 0.5) is 10.2 Å². The molecule has 6 heteroatoms. The topological polar surface area (TPSA) is 32.3 Å². The van der Waals surface area contributed by atoms with Crippen LogP contribution < -0.4 is 4.90 Å². The van der Waals surface area contributed by atoms with Gasteiger partial charge in [-0.3, -0.25) is 0 Å². The fraction of sp³-hybridized carbons (Fsp3) is 0.300. The molecule has 0 unspecified atom stereocenters. The third-order valence-corrected chi connectivity index (χ3v) is 5.10. The van der Waals surface area contributed by atoms with E-state index in [0.717, 1.165) is 55.0 Å². The van der Waals surface area contributed by atoms with Crippen LogP contribution in [-0.2, 0) is 0 Å². The number of hydrogen-bond acceptors (Lipinski definition) is 4. The van der Waals surface area contributed by atoms with E-state index >= 15 is 0 Å². The molecule has 3 aromatic rings. The zero-order valence-corrected chi connectivity index (χ0v) is 15.4. The molecule has 4 nitrogen and oxygen atoms in total. The summed E-state index contributed by atoms with van der Waals surface area (Å²) in [6.45, 7) is 7.12. The lowest BCUT2D eigenvalue weighted by Gasteiger charge is -2.35. The molecule has 134 valence electrons. The van der Waals surface area contributed by atoms with Crippen molar-refractivity contribution in [2.24, 2.45) is 0 Å². The van der Waals surface area contributed by atoms with E-state index in [4.69, 9.17) is 16.6 Å². The molecule has 0 bridgehead atoms. The second-order valence-corrected chi connectivity index (χ2v) is 6.90. The predicted molar refractivity (Wildman–Crippen MR) is 104 cm³/mol. The van der Waals surface area contributed by atoms with E-state index in [2.05, 4.69) is 21.7 Å². The maximum absolute atomic E-state index is 13.3. The first kappa shape index (κ1) is 17.2. The zero-order valence-electron chi connectivity index (χ0n) is 14.6. The first-order chi connectivity index (χ1) is 12.6. The van der Waals surface area contributed by atoms with Gasteiger partial charge in [0.15, 0.2) is 5.82 Å². The number of nitrogens with zero attached hydrogens (tertiary/aromatic N) is 4. The molecular formula is C20H20ClFN4. The van der Waals surface area contributed by atoms with Gasteiger partial charge >= 0.3 is 0 Å². The molecule has 1 aromatic heterocycles. The van der Waals surface area contributed by atoms with Gasteiger partial charge in [0.25, 0.3) is 0 Å². The Kier molecular flexibility index (Phi) is 4.74. The Morgan fingerprint density at radius 2 is 1.73 bits per heavy atom. The smallest absolute Gasteiger partial charge is 0.162 e. The van der Waals surface area contributed by atoms with Crippen molar-refractivity contribution in [1.82, 2.24) is 14.9 Å². The van der Waals surface area contributed by atoms with Crippen LogP contribution in [0.25, 0.3) is 22.3 Å². The van der Waals surface area contributed by atoms with Crippen molar-refractivity contribution >= 4 is 28.3 Å². The van der Waals surface area contributed by atoms with Gasteiger partial charge in [-0.25, -0.2) is 14.4 Å². The normalized spacial score (nSPS) is 15.6. The number of aromatic nitrogens is 2. The molecular weight excluding hydrogens is 351 g/mol. The third-order valence-electron chi connectivity index (χ3n) is 4.86. The molecule has 2 aromatic carbocycles. The van der Waals surface area contributed by atoms with Crippen molar-refractivity contribution in [2.75, 3.05) is 37.6 Å². The van der Waals surface area contributed by atoms with Crippen LogP contribution in [0.5, 0.6) is 0 Å². The largest absolute Gasteiger partial charge is 0.353 e. The summed E-state index contributed by atoms with van der Waals surface area (Å²) < 4.78 is 13.3. The van der Waals surface area contributed by atoms with Gasteiger partial charge in [-0.1, -0.05) is 18.5 Å². The van der Waals surface area contributed by atoms with Crippen molar-refractivity contribution in [3.05, 3.63) is 53.3 Å². The summed E-state index contributed by atoms with van der Waals surface area (Å²) in [6, 6.07) is 12.0. The first-order valence-corrected chi connectivity index (χ1v) is 9.22. The van der Waals surface area contributed by atoms with E-state index in [1.165, 1.54) is 12.1 Å². The van der Waals surface area contributed by atoms with Crippen LogP contribution >= 0.6 is 11.6 Å². The third kappa shape index (κ3) is 3.37. The van der Waals surface area contributed by atoms with Crippen molar-refractivity contribution in [2.45, 2.75) is 6.92 Å². The summed E-state index contributed by atoms with van der Waals surface area (Å²) in [5.41, 5.74) is 1.60. The van der Waals surface area contributed by atoms with Crippen LogP contribution in [0, 0.1) is 5.82 Å². The maximum Gasteiger partial charge on any atom is 0.162 e. The van der Waals surface area contributed by atoms with Crippen LogP contribution in [0.2, 0.25) is 5.02 Å². The standard InChI is InChI=1S/C20H20ClFN4/c1-2-25-9-11-26(12-10-25)20-17-8-5-15(21)13-18(17)23-19(24-20)14-3-6-16(22)7-4-14/h3-8,13H,2,9-12H2,1H3. The van der Waals surface area contributed by atoms with Crippen LogP contribution in [-0.4, -0.2) is 47.6 Å². The minimum Gasteiger partial charge on any atom is -0.353 e. The van der Waals surface area contributed by atoms with Crippen molar-refractivity contribution in [1.29, 1.82) is 0 Å². The van der Waals surface area contributed by atoms with E-state index in [1.807, 2.05) is 18.2 Å². The highest BCUT2D eigenvalue weighted by atomic mass is 35.5. The molecule has 0 radical (unpaired) electrons. The average Bonchev–Trinajstić information content (AvgIpc) is 2.67. The molecule has 0 N–H and O–H groups in total. The van der Waals surface area contributed by atoms with Crippen LogP contribution in [0.3, 0.4) is 0 Å². The number of benzene rings is 2. The van der Waals surface area contributed by atoms with Crippen LogP contribution in [0.1, 0.15) is 6.92 Å². The molecule has 1 aliphatic rings.